The van der Waals surface area contributed by atoms with E-state index in [2.05, 4.69) is 12.2 Å². The predicted molar refractivity (Wildman–Crippen MR) is 81.7 cm³/mol. The molecule has 118 valence electrons. The molecular formula is C17H28N2O2. The minimum absolute atomic E-state index is 0.0712. The summed E-state index contributed by atoms with van der Waals surface area (Å²) >= 11 is 0. The van der Waals surface area contributed by atoms with Gasteiger partial charge in [-0.3, -0.25) is 14.5 Å². The molecule has 2 amide bonds. The third-order valence-electron chi connectivity index (χ3n) is 5.66. The second-order valence-electron chi connectivity index (χ2n) is 7.38. The largest absolute Gasteiger partial charge is 0.310 e. The molecule has 0 bridgehead atoms. The van der Waals surface area contributed by atoms with Crippen molar-refractivity contribution < 1.29 is 9.59 Å². The van der Waals surface area contributed by atoms with Gasteiger partial charge in [0.2, 0.25) is 11.8 Å². The molecule has 0 aromatic carbocycles. The van der Waals surface area contributed by atoms with E-state index in [1.165, 1.54) is 25.7 Å². The SMILES string of the molecule is CC1CCCC(CN2C(=O)CC3(CCCCCC3)C2=O)N1. The Labute approximate surface area is 127 Å². The summed E-state index contributed by atoms with van der Waals surface area (Å²) in [6.45, 7) is 2.77. The van der Waals surface area contributed by atoms with E-state index in [0.717, 1.165) is 32.1 Å². The predicted octanol–water partition coefficient (Wildman–Crippen LogP) is 2.62. The van der Waals surface area contributed by atoms with Crippen LogP contribution in [0.2, 0.25) is 0 Å². The van der Waals surface area contributed by atoms with Crippen LogP contribution in [0.1, 0.15) is 71.1 Å². The number of piperidine rings is 1. The van der Waals surface area contributed by atoms with Gasteiger partial charge < -0.3 is 5.32 Å². The van der Waals surface area contributed by atoms with Crippen LogP contribution < -0.4 is 5.32 Å². The van der Waals surface area contributed by atoms with E-state index in [1.54, 1.807) is 4.90 Å². The van der Waals surface area contributed by atoms with Crippen LogP contribution in [0.3, 0.4) is 0 Å². The highest BCUT2D eigenvalue weighted by molar-refractivity contribution is 6.05. The van der Waals surface area contributed by atoms with Crippen LogP contribution in [-0.4, -0.2) is 35.3 Å². The van der Waals surface area contributed by atoms with E-state index in [4.69, 9.17) is 0 Å². The van der Waals surface area contributed by atoms with Gasteiger partial charge in [-0.15, -0.1) is 0 Å². The van der Waals surface area contributed by atoms with Crippen LogP contribution in [0.15, 0.2) is 0 Å². The van der Waals surface area contributed by atoms with E-state index in [0.29, 0.717) is 25.0 Å². The number of hydrogen-bond donors (Lipinski definition) is 1. The number of carbonyl (C=O) groups is 2. The molecule has 4 nitrogen and oxygen atoms in total. The van der Waals surface area contributed by atoms with E-state index < -0.39 is 0 Å². The van der Waals surface area contributed by atoms with Gasteiger partial charge in [-0.05, 0) is 32.6 Å². The van der Waals surface area contributed by atoms with Gasteiger partial charge in [0, 0.05) is 25.0 Å². The molecule has 3 rings (SSSR count). The summed E-state index contributed by atoms with van der Waals surface area (Å²) in [5.41, 5.74) is -0.339. The number of nitrogens with one attached hydrogen (secondary N) is 1. The first-order chi connectivity index (χ1) is 10.1. The van der Waals surface area contributed by atoms with Gasteiger partial charge in [0.25, 0.3) is 0 Å². The van der Waals surface area contributed by atoms with Crippen molar-refractivity contribution in [2.24, 2.45) is 5.41 Å². The lowest BCUT2D eigenvalue weighted by Gasteiger charge is -2.32. The van der Waals surface area contributed by atoms with Crippen molar-refractivity contribution in [3.8, 4) is 0 Å². The maximum Gasteiger partial charge on any atom is 0.235 e. The molecule has 2 atom stereocenters. The molecule has 2 unspecified atom stereocenters. The fraction of sp³-hybridized carbons (Fsp3) is 0.882. The molecule has 3 fully saturated rings. The Bertz CT molecular complexity index is 413. The first-order valence-electron chi connectivity index (χ1n) is 8.72. The van der Waals surface area contributed by atoms with Crippen molar-refractivity contribution in [1.82, 2.24) is 10.2 Å². The van der Waals surface area contributed by atoms with Crippen LogP contribution in [0.4, 0.5) is 0 Å². The molecule has 2 heterocycles. The quantitative estimate of drug-likeness (QED) is 0.796. The number of imide groups is 1. The van der Waals surface area contributed by atoms with Crippen molar-refractivity contribution in [1.29, 1.82) is 0 Å². The van der Waals surface area contributed by atoms with E-state index in [9.17, 15) is 9.59 Å². The van der Waals surface area contributed by atoms with Crippen molar-refractivity contribution in [2.45, 2.75) is 83.2 Å². The maximum atomic E-state index is 12.9. The fourth-order valence-electron chi connectivity index (χ4n) is 4.44. The first kappa shape index (κ1) is 15.0. The zero-order chi connectivity index (χ0) is 14.9. The van der Waals surface area contributed by atoms with Gasteiger partial charge in [0.15, 0.2) is 0 Å². The monoisotopic (exact) mass is 292 g/mol. The molecule has 0 aromatic heterocycles. The Morgan fingerprint density at radius 3 is 2.48 bits per heavy atom. The first-order valence-corrected chi connectivity index (χ1v) is 8.72. The number of nitrogens with zero attached hydrogens (tertiary/aromatic N) is 1. The molecular weight excluding hydrogens is 264 g/mol. The van der Waals surface area contributed by atoms with Crippen LogP contribution in [0.5, 0.6) is 0 Å². The average Bonchev–Trinajstić information content (AvgIpc) is 2.63. The third kappa shape index (κ3) is 3.01. The van der Waals surface area contributed by atoms with Gasteiger partial charge >= 0.3 is 0 Å². The number of hydrogen-bond acceptors (Lipinski definition) is 3. The molecule has 0 radical (unpaired) electrons. The molecule has 21 heavy (non-hydrogen) atoms. The summed E-state index contributed by atoms with van der Waals surface area (Å²) in [6.07, 6.45) is 10.4. The summed E-state index contributed by atoms with van der Waals surface area (Å²) in [5, 5.41) is 3.54. The Morgan fingerprint density at radius 1 is 1.10 bits per heavy atom. The lowest BCUT2D eigenvalue weighted by Crippen LogP contribution is -2.49. The number of carbonyl (C=O) groups excluding carboxylic acids is 2. The normalized spacial score (nSPS) is 33.5. The molecule has 1 saturated carbocycles. The average molecular weight is 292 g/mol. The van der Waals surface area contributed by atoms with Crippen LogP contribution in [0.25, 0.3) is 0 Å². The highest BCUT2D eigenvalue weighted by Gasteiger charge is 2.51. The van der Waals surface area contributed by atoms with Crippen LogP contribution in [0, 0.1) is 5.41 Å². The Balaban J connectivity index is 1.68. The van der Waals surface area contributed by atoms with Crippen molar-refractivity contribution in [2.75, 3.05) is 6.54 Å². The summed E-state index contributed by atoms with van der Waals surface area (Å²) < 4.78 is 0. The zero-order valence-corrected chi connectivity index (χ0v) is 13.2. The minimum atomic E-state index is -0.339. The van der Waals surface area contributed by atoms with E-state index >= 15 is 0 Å². The minimum Gasteiger partial charge on any atom is -0.310 e. The van der Waals surface area contributed by atoms with Gasteiger partial charge in [-0.25, -0.2) is 0 Å². The molecule has 1 spiro atoms. The summed E-state index contributed by atoms with van der Waals surface area (Å²) in [5.74, 6) is 0.205. The van der Waals surface area contributed by atoms with Crippen molar-refractivity contribution in [3.05, 3.63) is 0 Å². The molecule has 3 aliphatic rings. The topological polar surface area (TPSA) is 49.4 Å². The lowest BCUT2D eigenvalue weighted by molar-refractivity contribution is -0.142. The van der Waals surface area contributed by atoms with E-state index in [-0.39, 0.29) is 17.2 Å². The van der Waals surface area contributed by atoms with Crippen LogP contribution in [-0.2, 0) is 9.59 Å². The summed E-state index contributed by atoms with van der Waals surface area (Å²) in [7, 11) is 0. The van der Waals surface area contributed by atoms with Crippen molar-refractivity contribution in [3.63, 3.8) is 0 Å². The van der Waals surface area contributed by atoms with Gasteiger partial charge in [-0.1, -0.05) is 32.1 Å². The summed E-state index contributed by atoms with van der Waals surface area (Å²) in [6, 6.07) is 0.797. The fourth-order valence-corrected chi connectivity index (χ4v) is 4.44. The molecule has 1 aliphatic carbocycles. The lowest BCUT2D eigenvalue weighted by atomic mass is 9.79. The number of amides is 2. The highest BCUT2D eigenvalue weighted by atomic mass is 16.2. The van der Waals surface area contributed by atoms with Crippen molar-refractivity contribution >= 4 is 11.8 Å². The Kier molecular flexibility index (Phi) is 4.34. The van der Waals surface area contributed by atoms with E-state index in [1.807, 2.05) is 0 Å². The second kappa shape index (κ2) is 6.07. The molecule has 2 saturated heterocycles. The summed E-state index contributed by atoms with van der Waals surface area (Å²) in [4.78, 5) is 26.9. The van der Waals surface area contributed by atoms with Gasteiger partial charge in [0.05, 0.1) is 5.41 Å². The smallest absolute Gasteiger partial charge is 0.235 e. The van der Waals surface area contributed by atoms with Gasteiger partial charge in [0.1, 0.15) is 0 Å². The maximum absolute atomic E-state index is 12.9. The number of rotatable bonds is 2. The van der Waals surface area contributed by atoms with Crippen LogP contribution >= 0.6 is 0 Å². The van der Waals surface area contributed by atoms with Gasteiger partial charge in [-0.2, -0.15) is 0 Å². The Hall–Kier alpha value is -0.900. The Morgan fingerprint density at radius 2 is 1.81 bits per heavy atom. The zero-order valence-electron chi connectivity index (χ0n) is 13.2. The number of likely N-dealkylation sites (tertiary alicyclic amines) is 1. The molecule has 2 aliphatic heterocycles. The highest BCUT2D eigenvalue weighted by Crippen LogP contribution is 2.44. The molecule has 4 heteroatoms. The third-order valence-corrected chi connectivity index (χ3v) is 5.66. The standard InChI is InChI=1S/C17H28N2O2/c1-13-7-6-8-14(18-13)12-19-15(20)11-17(16(19)21)9-4-2-3-5-10-17/h13-14,18H,2-12H2,1H3. The molecule has 1 N–H and O–H groups in total. The second-order valence-corrected chi connectivity index (χ2v) is 7.38. The molecule has 0 aromatic rings.